The van der Waals surface area contributed by atoms with Crippen LogP contribution in [0.4, 0.5) is 5.69 Å². The van der Waals surface area contributed by atoms with Gasteiger partial charge in [-0.05, 0) is 31.2 Å². The van der Waals surface area contributed by atoms with Crippen LogP contribution < -0.4 is 10.1 Å². The average molecular weight is 328 g/mol. The Morgan fingerprint density at radius 1 is 1.21 bits per heavy atom. The number of hydrogen-bond donors (Lipinski definition) is 2. The van der Waals surface area contributed by atoms with E-state index < -0.39 is 0 Å². The Bertz CT molecular complexity index is 659. The fraction of sp³-hybridized carbons (Fsp3) is 0.316. The first-order valence-corrected chi connectivity index (χ1v) is 8.06. The van der Waals surface area contributed by atoms with Crippen molar-refractivity contribution in [2.75, 3.05) is 25.5 Å². The zero-order valence-electron chi connectivity index (χ0n) is 14.2. The average Bonchev–Trinajstić information content (AvgIpc) is 2.55. The van der Waals surface area contributed by atoms with Crippen LogP contribution in [-0.2, 0) is 11.3 Å². The Hall–Kier alpha value is -2.53. The second kappa shape index (κ2) is 8.93. The maximum absolute atomic E-state index is 12.3. The Morgan fingerprint density at radius 3 is 2.67 bits per heavy atom. The molecule has 0 radical (unpaired) electrons. The van der Waals surface area contributed by atoms with E-state index in [1.807, 2.05) is 49.2 Å². The molecule has 0 saturated heterocycles. The molecule has 0 aliphatic rings. The van der Waals surface area contributed by atoms with Gasteiger partial charge >= 0.3 is 0 Å². The second-order valence-corrected chi connectivity index (χ2v) is 5.73. The third-order valence-corrected chi connectivity index (χ3v) is 3.41. The molecule has 2 aromatic rings. The number of nitrogens with one attached hydrogen (secondary N) is 1. The highest BCUT2D eigenvalue weighted by atomic mass is 16.5. The van der Waals surface area contributed by atoms with Crippen molar-refractivity contribution in [2.45, 2.75) is 19.9 Å². The van der Waals surface area contributed by atoms with Crippen molar-refractivity contribution in [2.24, 2.45) is 0 Å². The SMILES string of the molecule is CCCOc1cc(O)ccc1NC(=O)CN(C)Cc1ccccc1. The van der Waals surface area contributed by atoms with Crippen molar-refractivity contribution < 1.29 is 14.6 Å². The number of rotatable bonds is 8. The summed E-state index contributed by atoms with van der Waals surface area (Å²) in [4.78, 5) is 14.2. The van der Waals surface area contributed by atoms with E-state index in [1.54, 1.807) is 6.07 Å². The fourth-order valence-electron chi connectivity index (χ4n) is 2.33. The van der Waals surface area contributed by atoms with Crippen LogP contribution in [0.2, 0.25) is 0 Å². The molecule has 2 aromatic carbocycles. The minimum atomic E-state index is -0.125. The van der Waals surface area contributed by atoms with Gasteiger partial charge in [0.25, 0.3) is 0 Å². The number of amides is 1. The quantitative estimate of drug-likeness (QED) is 0.730. The van der Waals surface area contributed by atoms with E-state index >= 15 is 0 Å². The molecule has 0 aliphatic heterocycles. The van der Waals surface area contributed by atoms with Crippen LogP contribution in [0.25, 0.3) is 0 Å². The van der Waals surface area contributed by atoms with Crippen molar-refractivity contribution >= 4 is 11.6 Å². The topological polar surface area (TPSA) is 61.8 Å². The molecule has 0 saturated carbocycles. The van der Waals surface area contributed by atoms with Gasteiger partial charge in [0.2, 0.25) is 5.91 Å². The molecule has 0 atom stereocenters. The predicted octanol–water partition coefficient (Wildman–Crippen LogP) is 3.25. The van der Waals surface area contributed by atoms with Crippen LogP contribution in [0.3, 0.4) is 0 Å². The van der Waals surface area contributed by atoms with Gasteiger partial charge in [0.05, 0.1) is 18.8 Å². The van der Waals surface area contributed by atoms with Crippen molar-refractivity contribution in [1.29, 1.82) is 0 Å². The normalized spacial score (nSPS) is 10.6. The first-order valence-electron chi connectivity index (χ1n) is 8.06. The number of phenols is 1. The zero-order valence-corrected chi connectivity index (χ0v) is 14.2. The highest BCUT2D eigenvalue weighted by molar-refractivity contribution is 5.93. The molecule has 0 heterocycles. The Morgan fingerprint density at radius 2 is 1.96 bits per heavy atom. The summed E-state index contributed by atoms with van der Waals surface area (Å²) in [5.41, 5.74) is 1.73. The summed E-state index contributed by atoms with van der Waals surface area (Å²) < 4.78 is 5.58. The van der Waals surface area contributed by atoms with Crippen LogP contribution in [0, 0.1) is 0 Å². The lowest BCUT2D eigenvalue weighted by Crippen LogP contribution is -2.30. The number of benzene rings is 2. The Balaban J connectivity index is 1.94. The van der Waals surface area contributed by atoms with Gasteiger partial charge in [-0.3, -0.25) is 9.69 Å². The molecule has 2 N–H and O–H groups in total. The van der Waals surface area contributed by atoms with E-state index in [0.29, 0.717) is 24.6 Å². The fourth-order valence-corrected chi connectivity index (χ4v) is 2.33. The first-order chi connectivity index (χ1) is 11.6. The van der Waals surface area contributed by atoms with Gasteiger partial charge in [0.15, 0.2) is 0 Å². The van der Waals surface area contributed by atoms with E-state index in [4.69, 9.17) is 4.74 Å². The molecule has 0 fully saturated rings. The molecule has 0 spiro atoms. The predicted molar refractivity (Wildman–Crippen MR) is 95.3 cm³/mol. The van der Waals surface area contributed by atoms with Gasteiger partial charge in [-0.25, -0.2) is 0 Å². The lowest BCUT2D eigenvalue weighted by molar-refractivity contribution is -0.117. The summed E-state index contributed by atoms with van der Waals surface area (Å²) in [7, 11) is 1.90. The number of carbonyl (C=O) groups excluding carboxylic acids is 1. The third kappa shape index (κ3) is 5.59. The van der Waals surface area contributed by atoms with E-state index in [1.165, 1.54) is 12.1 Å². The van der Waals surface area contributed by atoms with Crippen LogP contribution in [0.5, 0.6) is 11.5 Å². The summed E-state index contributed by atoms with van der Waals surface area (Å²) in [5, 5.41) is 12.4. The number of anilines is 1. The smallest absolute Gasteiger partial charge is 0.238 e. The molecule has 0 aliphatic carbocycles. The van der Waals surface area contributed by atoms with Gasteiger partial charge in [-0.1, -0.05) is 37.3 Å². The van der Waals surface area contributed by atoms with Crippen LogP contribution in [-0.4, -0.2) is 36.1 Å². The molecule has 2 rings (SSSR count). The molecular formula is C19H24N2O3. The number of hydrogen-bond acceptors (Lipinski definition) is 4. The molecule has 24 heavy (non-hydrogen) atoms. The van der Waals surface area contributed by atoms with E-state index in [2.05, 4.69) is 5.32 Å². The summed E-state index contributed by atoms with van der Waals surface area (Å²) in [6, 6.07) is 14.7. The van der Waals surface area contributed by atoms with Crippen molar-refractivity contribution in [1.82, 2.24) is 4.90 Å². The monoisotopic (exact) mass is 328 g/mol. The number of likely N-dealkylation sites (N-methyl/N-ethyl adjacent to an activating group) is 1. The second-order valence-electron chi connectivity index (χ2n) is 5.73. The molecular weight excluding hydrogens is 304 g/mol. The van der Waals surface area contributed by atoms with Gasteiger partial charge < -0.3 is 15.2 Å². The number of ether oxygens (including phenoxy) is 1. The third-order valence-electron chi connectivity index (χ3n) is 3.41. The minimum absolute atomic E-state index is 0.111. The summed E-state index contributed by atoms with van der Waals surface area (Å²) in [6.07, 6.45) is 0.850. The van der Waals surface area contributed by atoms with Gasteiger partial charge in [0.1, 0.15) is 11.5 Å². The van der Waals surface area contributed by atoms with Crippen molar-refractivity contribution in [3.63, 3.8) is 0 Å². The summed E-state index contributed by atoms with van der Waals surface area (Å²) >= 11 is 0. The maximum atomic E-state index is 12.3. The van der Waals surface area contributed by atoms with Crippen LogP contribution >= 0.6 is 0 Å². The van der Waals surface area contributed by atoms with Crippen LogP contribution in [0.1, 0.15) is 18.9 Å². The number of nitrogens with zero attached hydrogens (tertiary/aromatic N) is 1. The summed E-state index contributed by atoms with van der Waals surface area (Å²) in [5.74, 6) is 0.469. The van der Waals surface area contributed by atoms with Gasteiger partial charge in [-0.15, -0.1) is 0 Å². The largest absolute Gasteiger partial charge is 0.508 e. The molecule has 128 valence electrons. The maximum Gasteiger partial charge on any atom is 0.238 e. The van der Waals surface area contributed by atoms with E-state index in [9.17, 15) is 9.90 Å². The van der Waals surface area contributed by atoms with E-state index in [0.717, 1.165) is 12.0 Å². The molecule has 0 unspecified atom stereocenters. The van der Waals surface area contributed by atoms with E-state index in [-0.39, 0.29) is 18.2 Å². The standard InChI is InChI=1S/C19H24N2O3/c1-3-11-24-18-12-16(22)9-10-17(18)20-19(23)14-21(2)13-15-7-5-4-6-8-15/h4-10,12,22H,3,11,13-14H2,1-2H3,(H,20,23). The molecule has 0 aromatic heterocycles. The van der Waals surface area contributed by atoms with Crippen molar-refractivity contribution in [3.8, 4) is 11.5 Å². The van der Waals surface area contributed by atoms with Gasteiger partial charge in [-0.2, -0.15) is 0 Å². The van der Waals surface area contributed by atoms with Crippen LogP contribution in [0.15, 0.2) is 48.5 Å². The Labute approximate surface area is 142 Å². The molecule has 1 amide bonds. The minimum Gasteiger partial charge on any atom is -0.508 e. The van der Waals surface area contributed by atoms with Crippen molar-refractivity contribution in [3.05, 3.63) is 54.1 Å². The molecule has 5 nitrogen and oxygen atoms in total. The number of aromatic hydroxyl groups is 1. The lowest BCUT2D eigenvalue weighted by atomic mass is 10.2. The first kappa shape index (κ1) is 17.8. The number of carbonyl (C=O) groups is 1. The Kier molecular flexibility index (Phi) is 6.63. The lowest BCUT2D eigenvalue weighted by Gasteiger charge is -2.17. The molecule has 5 heteroatoms. The number of phenolic OH excluding ortho intramolecular Hbond substituents is 1. The molecule has 0 bridgehead atoms. The zero-order chi connectivity index (χ0) is 17.4. The highest BCUT2D eigenvalue weighted by Crippen LogP contribution is 2.29. The highest BCUT2D eigenvalue weighted by Gasteiger charge is 2.11. The van der Waals surface area contributed by atoms with Gasteiger partial charge in [0, 0.05) is 12.6 Å². The summed E-state index contributed by atoms with van der Waals surface area (Å²) in [6.45, 7) is 3.49.